The minimum Gasteiger partial charge on any atom is -0.361 e. The van der Waals surface area contributed by atoms with E-state index in [0.717, 1.165) is 25.7 Å². The van der Waals surface area contributed by atoms with E-state index in [1.165, 1.54) is 4.90 Å². The summed E-state index contributed by atoms with van der Waals surface area (Å²) in [4.78, 5) is 23.1. The fraction of sp³-hybridized carbons (Fsp3) is 0.750. The van der Waals surface area contributed by atoms with Gasteiger partial charge in [-0.2, -0.15) is 0 Å². The van der Waals surface area contributed by atoms with Crippen LogP contribution >= 0.6 is 0 Å². The van der Waals surface area contributed by atoms with Gasteiger partial charge in [-0.1, -0.05) is 12.8 Å². The molecule has 1 fully saturated rings. The molecule has 1 rings (SSSR count). The Bertz CT molecular complexity index is 197. The first-order valence-electron chi connectivity index (χ1n) is 4.19. The van der Waals surface area contributed by atoms with E-state index in [4.69, 9.17) is 5.73 Å². The van der Waals surface area contributed by atoms with Crippen LogP contribution in [0.1, 0.15) is 25.7 Å². The maximum atomic E-state index is 11.1. The molecule has 0 bridgehead atoms. The Balaban J connectivity index is 2.51. The van der Waals surface area contributed by atoms with Crippen LogP contribution in [0.15, 0.2) is 0 Å². The molecule has 1 saturated carbocycles. The van der Waals surface area contributed by atoms with Crippen molar-refractivity contribution < 1.29 is 9.59 Å². The second-order valence-corrected chi connectivity index (χ2v) is 3.22. The Labute approximate surface area is 71.7 Å². The van der Waals surface area contributed by atoms with Crippen molar-refractivity contribution in [3.05, 3.63) is 0 Å². The van der Waals surface area contributed by atoms with E-state index in [2.05, 4.69) is 0 Å². The van der Waals surface area contributed by atoms with Crippen molar-refractivity contribution in [3.63, 3.8) is 0 Å². The largest absolute Gasteiger partial charge is 0.361 e. The second-order valence-electron chi connectivity index (χ2n) is 3.22. The molecule has 0 heterocycles. The number of hydrogen-bond acceptors (Lipinski definition) is 2. The van der Waals surface area contributed by atoms with Gasteiger partial charge in [-0.05, 0) is 12.8 Å². The van der Waals surface area contributed by atoms with Crippen molar-refractivity contribution in [1.82, 2.24) is 4.90 Å². The maximum Gasteiger partial charge on any atom is 0.311 e. The molecule has 0 unspecified atom stereocenters. The van der Waals surface area contributed by atoms with Gasteiger partial charge in [0.15, 0.2) is 0 Å². The molecular formula is C8H14N2O2. The molecule has 0 aromatic carbocycles. The first kappa shape index (κ1) is 9.03. The molecule has 0 aromatic heterocycles. The lowest BCUT2D eigenvalue weighted by Crippen LogP contribution is -2.42. The van der Waals surface area contributed by atoms with Crippen LogP contribution in [0.5, 0.6) is 0 Å². The topological polar surface area (TPSA) is 63.4 Å². The zero-order valence-corrected chi connectivity index (χ0v) is 7.25. The van der Waals surface area contributed by atoms with Gasteiger partial charge in [0.1, 0.15) is 0 Å². The fourth-order valence-electron chi connectivity index (χ4n) is 1.63. The summed E-state index contributed by atoms with van der Waals surface area (Å²) in [5.74, 6) is -1.42. The van der Waals surface area contributed by atoms with Crippen molar-refractivity contribution in [2.75, 3.05) is 7.05 Å². The smallest absolute Gasteiger partial charge is 0.311 e. The third kappa shape index (κ3) is 1.75. The lowest BCUT2D eigenvalue weighted by molar-refractivity contribution is -0.144. The van der Waals surface area contributed by atoms with Gasteiger partial charge < -0.3 is 10.6 Å². The number of primary amides is 1. The van der Waals surface area contributed by atoms with Crippen LogP contribution in [0.2, 0.25) is 0 Å². The number of likely N-dealkylation sites (N-methyl/N-ethyl adjacent to an activating group) is 1. The van der Waals surface area contributed by atoms with Gasteiger partial charge in [-0.25, -0.2) is 0 Å². The molecule has 0 radical (unpaired) electrons. The third-order valence-corrected chi connectivity index (χ3v) is 2.40. The van der Waals surface area contributed by atoms with Crippen LogP contribution in [0, 0.1) is 0 Å². The van der Waals surface area contributed by atoms with Crippen molar-refractivity contribution in [2.45, 2.75) is 31.7 Å². The Morgan fingerprint density at radius 3 is 2.25 bits per heavy atom. The summed E-state index contributed by atoms with van der Waals surface area (Å²) in [6, 6.07) is 0.227. The third-order valence-electron chi connectivity index (χ3n) is 2.40. The molecule has 2 N–H and O–H groups in total. The molecule has 4 heteroatoms. The summed E-state index contributed by atoms with van der Waals surface area (Å²) in [7, 11) is 1.64. The molecule has 0 spiro atoms. The zero-order valence-electron chi connectivity index (χ0n) is 7.25. The molecule has 1 aliphatic carbocycles. The molecule has 68 valence electrons. The summed E-state index contributed by atoms with van der Waals surface area (Å²) in [6.45, 7) is 0. The Hall–Kier alpha value is -1.06. The number of carbonyl (C=O) groups excluding carboxylic acids is 2. The number of nitrogens with zero attached hydrogens (tertiary/aromatic N) is 1. The van der Waals surface area contributed by atoms with E-state index in [1.54, 1.807) is 7.05 Å². The zero-order chi connectivity index (χ0) is 9.14. The van der Waals surface area contributed by atoms with Crippen LogP contribution in [0.3, 0.4) is 0 Å². The summed E-state index contributed by atoms with van der Waals surface area (Å²) < 4.78 is 0. The molecule has 1 aliphatic rings. The van der Waals surface area contributed by atoms with E-state index >= 15 is 0 Å². The number of amides is 2. The average molecular weight is 170 g/mol. The molecule has 12 heavy (non-hydrogen) atoms. The molecule has 0 atom stereocenters. The summed E-state index contributed by atoms with van der Waals surface area (Å²) >= 11 is 0. The quantitative estimate of drug-likeness (QED) is 0.557. The van der Waals surface area contributed by atoms with Gasteiger partial charge in [0.05, 0.1) is 0 Å². The Morgan fingerprint density at radius 1 is 1.33 bits per heavy atom. The van der Waals surface area contributed by atoms with E-state index < -0.39 is 11.8 Å². The van der Waals surface area contributed by atoms with Gasteiger partial charge >= 0.3 is 11.8 Å². The van der Waals surface area contributed by atoms with E-state index in [1.807, 2.05) is 0 Å². The first-order chi connectivity index (χ1) is 5.63. The lowest BCUT2D eigenvalue weighted by atomic mass is 10.2. The summed E-state index contributed by atoms with van der Waals surface area (Å²) in [5, 5.41) is 0. The highest BCUT2D eigenvalue weighted by Crippen LogP contribution is 2.22. The molecule has 4 nitrogen and oxygen atoms in total. The van der Waals surface area contributed by atoms with E-state index in [-0.39, 0.29) is 6.04 Å². The van der Waals surface area contributed by atoms with Crippen LogP contribution in [-0.4, -0.2) is 29.8 Å². The van der Waals surface area contributed by atoms with Crippen molar-refractivity contribution >= 4 is 11.8 Å². The lowest BCUT2D eigenvalue weighted by Gasteiger charge is -2.22. The van der Waals surface area contributed by atoms with Crippen LogP contribution in [0.4, 0.5) is 0 Å². The first-order valence-corrected chi connectivity index (χ1v) is 4.19. The van der Waals surface area contributed by atoms with Crippen molar-refractivity contribution in [2.24, 2.45) is 5.73 Å². The predicted molar refractivity (Wildman–Crippen MR) is 44.2 cm³/mol. The van der Waals surface area contributed by atoms with Gasteiger partial charge in [0.2, 0.25) is 0 Å². The van der Waals surface area contributed by atoms with E-state index in [0.29, 0.717) is 0 Å². The molecule has 2 amide bonds. The molecule has 0 saturated heterocycles. The molecular weight excluding hydrogens is 156 g/mol. The minimum atomic E-state index is -0.857. The van der Waals surface area contributed by atoms with Crippen LogP contribution in [0.25, 0.3) is 0 Å². The van der Waals surface area contributed by atoms with Gasteiger partial charge in [-0.3, -0.25) is 9.59 Å². The number of carbonyl (C=O) groups is 2. The van der Waals surface area contributed by atoms with Crippen LogP contribution < -0.4 is 5.73 Å². The highest BCUT2D eigenvalue weighted by atomic mass is 16.2. The Morgan fingerprint density at radius 2 is 1.83 bits per heavy atom. The van der Waals surface area contributed by atoms with E-state index in [9.17, 15) is 9.59 Å². The number of rotatable bonds is 1. The average Bonchev–Trinajstić information content (AvgIpc) is 2.53. The highest BCUT2D eigenvalue weighted by Gasteiger charge is 2.25. The summed E-state index contributed by atoms with van der Waals surface area (Å²) in [5.41, 5.74) is 4.87. The van der Waals surface area contributed by atoms with Crippen LogP contribution in [-0.2, 0) is 9.59 Å². The number of nitrogens with two attached hydrogens (primary N) is 1. The molecule has 0 aliphatic heterocycles. The highest BCUT2D eigenvalue weighted by molar-refractivity contribution is 6.34. The van der Waals surface area contributed by atoms with Gasteiger partial charge in [0.25, 0.3) is 0 Å². The monoisotopic (exact) mass is 170 g/mol. The minimum absolute atomic E-state index is 0.227. The van der Waals surface area contributed by atoms with Crippen molar-refractivity contribution in [1.29, 1.82) is 0 Å². The standard InChI is InChI=1S/C8H14N2O2/c1-10(8(12)7(9)11)6-4-2-3-5-6/h6H,2-5H2,1H3,(H2,9,11). The maximum absolute atomic E-state index is 11.1. The Kier molecular flexibility index (Phi) is 2.68. The second kappa shape index (κ2) is 3.56. The van der Waals surface area contributed by atoms with Crippen molar-refractivity contribution in [3.8, 4) is 0 Å². The number of hydrogen-bond donors (Lipinski definition) is 1. The predicted octanol–water partition coefficient (Wildman–Crippen LogP) is -0.127. The van der Waals surface area contributed by atoms with Gasteiger partial charge in [-0.15, -0.1) is 0 Å². The summed E-state index contributed by atoms with van der Waals surface area (Å²) in [6.07, 6.45) is 4.27. The SMILES string of the molecule is CN(C(=O)C(N)=O)C1CCCC1. The molecule has 0 aromatic rings. The normalized spacial score (nSPS) is 17.8. The fourth-order valence-corrected chi connectivity index (χ4v) is 1.63. The van der Waals surface area contributed by atoms with Gasteiger partial charge in [0, 0.05) is 13.1 Å².